The topological polar surface area (TPSA) is 114 Å². The SMILES string of the molecule is CC(C)n1c(Sc2cc(C(=O)O)ccc2N)n[nH]c1=O. The molecule has 1 aromatic heterocycles. The van der Waals surface area contributed by atoms with Crippen LogP contribution in [-0.2, 0) is 0 Å². The number of benzene rings is 1. The number of nitrogens with one attached hydrogen (secondary N) is 1. The van der Waals surface area contributed by atoms with Crippen molar-refractivity contribution in [3.8, 4) is 0 Å². The van der Waals surface area contributed by atoms with Crippen molar-refractivity contribution in [3.05, 3.63) is 34.2 Å². The zero-order valence-electron chi connectivity index (χ0n) is 11.0. The van der Waals surface area contributed by atoms with E-state index in [0.29, 0.717) is 15.7 Å². The highest BCUT2D eigenvalue weighted by molar-refractivity contribution is 7.99. The predicted octanol–water partition coefficient (Wildman–Crippen LogP) is 1.58. The summed E-state index contributed by atoms with van der Waals surface area (Å²) in [5.74, 6) is -1.03. The molecule has 8 heteroatoms. The molecule has 4 N–H and O–H groups in total. The van der Waals surface area contributed by atoms with Gasteiger partial charge >= 0.3 is 11.7 Å². The number of hydrogen-bond donors (Lipinski definition) is 3. The summed E-state index contributed by atoms with van der Waals surface area (Å²) in [6.07, 6.45) is 0. The minimum absolute atomic E-state index is 0.0624. The van der Waals surface area contributed by atoms with Gasteiger partial charge in [0.2, 0.25) is 0 Å². The largest absolute Gasteiger partial charge is 0.478 e. The van der Waals surface area contributed by atoms with Crippen molar-refractivity contribution in [2.75, 3.05) is 5.73 Å². The molecule has 0 saturated carbocycles. The number of hydrogen-bond acceptors (Lipinski definition) is 5. The molecule has 0 bridgehead atoms. The summed E-state index contributed by atoms with van der Waals surface area (Å²) in [6.45, 7) is 3.72. The Morgan fingerprint density at radius 1 is 1.50 bits per heavy atom. The van der Waals surface area contributed by atoms with E-state index in [1.54, 1.807) is 0 Å². The Labute approximate surface area is 118 Å². The lowest BCUT2D eigenvalue weighted by molar-refractivity contribution is 0.0696. The second-order valence-electron chi connectivity index (χ2n) is 4.43. The van der Waals surface area contributed by atoms with Crippen molar-refractivity contribution in [2.45, 2.75) is 29.9 Å². The van der Waals surface area contributed by atoms with Gasteiger partial charge in [0.05, 0.1) is 5.56 Å². The normalized spacial score (nSPS) is 10.9. The molecule has 0 aliphatic rings. The highest BCUT2D eigenvalue weighted by atomic mass is 32.2. The molecular weight excluding hydrogens is 280 g/mol. The number of aromatic nitrogens is 3. The van der Waals surface area contributed by atoms with Crippen molar-refractivity contribution in [2.24, 2.45) is 0 Å². The molecule has 1 aromatic carbocycles. The Balaban J connectivity index is 2.42. The monoisotopic (exact) mass is 294 g/mol. The number of nitrogens with two attached hydrogens (primary N) is 1. The van der Waals surface area contributed by atoms with Crippen LogP contribution in [0.2, 0.25) is 0 Å². The van der Waals surface area contributed by atoms with Crippen molar-refractivity contribution in [1.29, 1.82) is 0 Å². The molecule has 0 atom stereocenters. The molecule has 106 valence electrons. The van der Waals surface area contributed by atoms with Crippen LogP contribution in [0.1, 0.15) is 30.2 Å². The molecule has 0 amide bonds. The quantitative estimate of drug-likeness (QED) is 0.738. The third kappa shape index (κ3) is 2.69. The maximum absolute atomic E-state index is 11.6. The van der Waals surface area contributed by atoms with Gasteiger partial charge in [-0.15, -0.1) is 5.10 Å². The summed E-state index contributed by atoms with van der Waals surface area (Å²) in [7, 11) is 0. The van der Waals surface area contributed by atoms with E-state index in [0.717, 1.165) is 11.8 Å². The molecule has 0 unspecified atom stereocenters. The first-order chi connectivity index (χ1) is 9.40. The number of carboxylic acid groups (broad SMARTS) is 1. The van der Waals surface area contributed by atoms with Crippen LogP contribution in [0.3, 0.4) is 0 Å². The minimum Gasteiger partial charge on any atom is -0.478 e. The van der Waals surface area contributed by atoms with Gasteiger partial charge in [0, 0.05) is 16.6 Å². The first-order valence-electron chi connectivity index (χ1n) is 5.87. The van der Waals surface area contributed by atoms with Crippen LogP contribution in [0.4, 0.5) is 5.69 Å². The average Bonchev–Trinajstić information content (AvgIpc) is 2.73. The van der Waals surface area contributed by atoms with Gasteiger partial charge in [-0.25, -0.2) is 14.7 Å². The Hall–Kier alpha value is -2.22. The van der Waals surface area contributed by atoms with Crippen molar-refractivity contribution < 1.29 is 9.90 Å². The van der Waals surface area contributed by atoms with E-state index >= 15 is 0 Å². The molecule has 0 saturated heterocycles. The number of H-pyrrole nitrogens is 1. The van der Waals surface area contributed by atoms with Crippen LogP contribution < -0.4 is 11.4 Å². The zero-order chi connectivity index (χ0) is 14.9. The summed E-state index contributed by atoms with van der Waals surface area (Å²) in [4.78, 5) is 23.2. The predicted molar refractivity (Wildman–Crippen MR) is 75.2 cm³/mol. The molecule has 0 aliphatic heterocycles. The summed E-state index contributed by atoms with van der Waals surface area (Å²) in [5, 5.41) is 15.7. The molecular formula is C12H14N4O3S. The maximum Gasteiger partial charge on any atom is 0.344 e. The maximum atomic E-state index is 11.6. The van der Waals surface area contributed by atoms with Gasteiger partial charge in [-0.3, -0.25) is 4.57 Å². The van der Waals surface area contributed by atoms with Crippen molar-refractivity contribution >= 4 is 23.4 Å². The van der Waals surface area contributed by atoms with E-state index in [-0.39, 0.29) is 17.3 Å². The highest BCUT2D eigenvalue weighted by Gasteiger charge is 2.15. The van der Waals surface area contributed by atoms with E-state index in [4.69, 9.17) is 10.8 Å². The van der Waals surface area contributed by atoms with Crippen LogP contribution in [0.5, 0.6) is 0 Å². The molecule has 0 aliphatic carbocycles. The minimum atomic E-state index is -1.03. The third-order valence-electron chi connectivity index (χ3n) is 2.65. The van der Waals surface area contributed by atoms with Gasteiger partial charge in [-0.05, 0) is 43.8 Å². The Kier molecular flexibility index (Phi) is 3.84. The first-order valence-corrected chi connectivity index (χ1v) is 6.69. The summed E-state index contributed by atoms with van der Waals surface area (Å²) in [5.41, 5.74) is 6.09. The smallest absolute Gasteiger partial charge is 0.344 e. The van der Waals surface area contributed by atoms with Gasteiger partial charge in [0.25, 0.3) is 0 Å². The fourth-order valence-electron chi connectivity index (χ4n) is 1.67. The number of rotatable bonds is 4. The number of aromatic amines is 1. The van der Waals surface area contributed by atoms with Gasteiger partial charge < -0.3 is 10.8 Å². The van der Waals surface area contributed by atoms with Crippen LogP contribution in [0.15, 0.2) is 33.0 Å². The van der Waals surface area contributed by atoms with Gasteiger partial charge in [0.1, 0.15) is 0 Å². The van der Waals surface area contributed by atoms with E-state index in [1.807, 2.05) is 13.8 Å². The second-order valence-corrected chi connectivity index (χ2v) is 5.44. The molecule has 2 rings (SSSR count). The van der Waals surface area contributed by atoms with Crippen LogP contribution >= 0.6 is 11.8 Å². The lowest BCUT2D eigenvalue weighted by Crippen LogP contribution is -2.19. The van der Waals surface area contributed by atoms with Gasteiger partial charge in [-0.1, -0.05) is 0 Å². The zero-order valence-corrected chi connectivity index (χ0v) is 11.8. The molecule has 7 nitrogen and oxygen atoms in total. The number of nitrogens with zero attached hydrogens (tertiary/aromatic N) is 2. The molecule has 1 heterocycles. The van der Waals surface area contributed by atoms with E-state index < -0.39 is 5.97 Å². The van der Waals surface area contributed by atoms with E-state index in [2.05, 4.69) is 10.2 Å². The molecule has 0 radical (unpaired) electrons. The molecule has 0 spiro atoms. The number of nitrogen functional groups attached to an aromatic ring is 1. The molecule has 20 heavy (non-hydrogen) atoms. The summed E-state index contributed by atoms with van der Waals surface area (Å²) < 4.78 is 1.48. The van der Waals surface area contributed by atoms with E-state index in [9.17, 15) is 9.59 Å². The highest BCUT2D eigenvalue weighted by Crippen LogP contribution is 2.31. The summed E-state index contributed by atoms with van der Waals surface area (Å²) >= 11 is 1.15. The lowest BCUT2D eigenvalue weighted by Gasteiger charge is -2.10. The van der Waals surface area contributed by atoms with Crippen molar-refractivity contribution in [1.82, 2.24) is 14.8 Å². The number of anilines is 1. The van der Waals surface area contributed by atoms with E-state index in [1.165, 1.54) is 22.8 Å². The average molecular weight is 294 g/mol. The van der Waals surface area contributed by atoms with Crippen LogP contribution in [0.25, 0.3) is 0 Å². The first kappa shape index (κ1) is 14.2. The third-order valence-corrected chi connectivity index (χ3v) is 3.69. The van der Waals surface area contributed by atoms with Gasteiger partial charge in [-0.2, -0.15) is 0 Å². The van der Waals surface area contributed by atoms with Crippen LogP contribution in [0, 0.1) is 0 Å². The number of aromatic carboxylic acids is 1. The Morgan fingerprint density at radius 2 is 2.20 bits per heavy atom. The lowest BCUT2D eigenvalue weighted by atomic mass is 10.2. The molecule has 0 fully saturated rings. The summed E-state index contributed by atoms with van der Waals surface area (Å²) in [6, 6.07) is 4.36. The second kappa shape index (κ2) is 5.41. The number of carboxylic acids is 1. The van der Waals surface area contributed by atoms with Crippen molar-refractivity contribution in [3.63, 3.8) is 0 Å². The number of carbonyl (C=O) groups is 1. The van der Waals surface area contributed by atoms with Gasteiger partial charge in [0.15, 0.2) is 5.16 Å². The standard InChI is InChI=1S/C12H14N4O3S/c1-6(2)16-11(19)14-15-12(16)20-9-5-7(10(17)18)3-4-8(9)13/h3-6H,13H2,1-2H3,(H,14,19)(H,17,18). The molecule has 2 aromatic rings. The van der Waals surface area contributed by atoms with Crippen LogP contribution in [-0.4, -0.2) is 25.8 Å². The fourth-order valence-corrected chi connectivity index (χ4v) is 2.72. The Bertz CT molecular complexity index is 705. The Morgan fingerprint density at radius 3 is 2.80 bits per heavy atom. The fraction of sp³-hybridized carbons (Fsp3) is 0.250.